The first-order valence-electron chi connectivity index (χ1n) is 7.61. The maximum Gasteiger partial charge on any atom is 0.224 e. The number of benzene rings is 2. The summed E-state index contributed by atoms with van der Waals surface area (Å²) in [7, 11) is 0. The Labute approximate surface area is 147 Å². The molecule has 5 heteroatoms. The predicted molar refractivity (Wildman–Crippen MR) is 97.0 cm³/mol. The summed E-state index contributed by atoms with van der Waals surface area (Å²) < 4.78 is 0. The maximum atomic E-state index is 11.5. The lowest BCUT2D eigenvalue weighted by Crippen LogP contribution is -2.13. The number of hydrogen-bond donors (Lipinski definition) is 2. The number of carbonyl (C=O) groups excluding carboxylic acids is 1. The largest absolute Gasteiger partial charge is 0.326 e. The minimum absolute atomic E-state index is 0.0520. The Hall–Kier alpha value is -1.55. The molecule has 2 aromatic carbocycles. The lowest BCUT2D eigenvalue weighted by molar-refractivity contribution is -0.116. The highest BCUT2D eigenvalue weighted by Gasteiger charge is 2.01. The Morgan fingerprint density at radius 1 is 0.957 bits per heavy atom. The van der Waals surface area contributed by atoms with E-state index in [0.717, 1.165) is 29.8 Å². The number of amides is 1. The van der Waals surface area contributed by atoms with Crippen molar-refractivity contribution >= 4 is 34.8 Å². The molecule has 0 heterocycles. The van der Waals surface area contributed by atoms with Gasteiger partial charge in [0.1, 0.15) is 0 Å². The average Bonchev–Trinajstić information content (AvgIpc) is 2.48. The molecule has 3 nitrogen and oxygen atoms in total. The summed E-state index contributed by atoms with van der Waals surface area (Å²) in [5.41, 5.74) is 3.02. The highest BCUT2D eigenvalue weighted by molar-refractivity contribution is 6.34. The van der Waals surface area contributed by atoms with Gasteiger partial charge in [0.15, 0.2) is 0 Å². The summed E-state index contributed by atoms with van der Waals surface area (Å²) >= 11 is 12.0. The molecule has 0 saturated carbocycles. The van der Waals surface area contributed by atoms with Crippen molar-refractivity contribution in [3.8, 4) is 0 Å². The van der Waals surface area contributed by atoms with Crippen molar-refractivity contribution in [1.29, 1.82) is 0 Å². The minimum Gasteiger partial charge on any atom is -0.326 e. The van der Waals surface area contributed by atoms with Crippen molar-refractivity contribution in [1.82, 2.24) is 5.32 Å². The number of halogens is 2. The van der Waals surface area contributed by atoms with Gasteiger partial charge in [0.2, 0.25) is 5.91 Å². The summed E-state index contributed by atoms with van der Waals surface area (Å²) in [4.78, 5) is 11.5. The van der Waals surface area contributed by atoms with E-state index in [1.807, 2.05) is 43.3 Å². The molecule has 0 aromatic heterocycles. The van der Waals surface area contributed by atoms with E-state index in [0.29, 0.717) is 23.0 Å². The van der Waals surface area contributed by atoms with Crippen LogP contribution >= 0.6 is 23.2 Å². The van der Waals surface area contributed by atoms with Crippen LogP contribution in [0.3, 0.4) is 0 Å². The van der Waals surface area contributed by atoms with Gasteiger partial charge in [0.25, 0.3) is 0 Å². The van der Waals surface area contributed by atoms with E-state index in [2.05, 4.69) is 10.6 Å². The van der Waals surface area contributed by atoms with Crippen LogP contribution < -0.4 is 10.6 Å². The molecular formula is C18H20Cl2N2O. The Bertz CT molecular complexity index is 636. The molecule has 1 amide bonds. The second-order valence-electron chi connectivity index (χ2n) is 5.38. The van der Waals surface area contributed by atoms with Gasteiger partial charge in [-0.1, -0.05) is 42.3 Å². The van der Waals surface area contributed by atoms with Crippen molar-refractivity contribution < 1.29 is 4.79 Å². The van der Waals surface area contributed by atoms with Crippen molar-refractivity contribution in [2.24, 2.45) is 0 Å². The zero-order valence-electron chi connectivity index (χ0n) is 13.0. The highest BCUT2D eigenvalue weighted by Crippen LogP contribution is 2.19. The van der Waals surface area contributed by atoms with Crippen LogP contribution in [0.15, 0.2) is 42.5 Å². The summed E-state index contributed by atoms with van der Waals surface area (Å²) in [5, 5.41) is 7.50. The molecule has 2 N–H and O–H groups in total. The second kappa shape index (κ2) is 8.92. The summed E-state index contributed by atoms with van der Waals surface area (Å²) in [6, 6.07) is 13.3. The van der Waals surface area contributed by atoms with Crippen LogP contribution in [0.25, 0.3) is 0 Å². The number of anilines is 1. The molecule has 0 bridgehead atoms. The van der Waals surface area contributed by atoms with Gasteiger partial charge in [-0.15, -0.1) is 0 Å². The summed E-state index contributed by atoms with van der Waals surface area (Å²) in [6.07, 6.45) is 1.40. The van der Waals surface area contributed by atoms with E-state index in [9.17, 15) is 4.79 Å². The fraction of sp³-hybridized carbons (Fsp3) is 0.278. The van der Waals surface area contributed by atoms with Gasteiger partial charge in [0.05, 0.1) is 0 Å². The summed E-state index contributed by atoms with van der Waals surface area (Å²) in [6.45, 7) is 3.41. The zero-order valence-corrected chi connectivity index (χ0v) is 14.5. The van der Waals surface area contributed by atoms with Crippen molar-refractivity contribution in [2.75, 3.05) is 5.32 Å². The molecule has 2 rings (SSSR count). The second-order valence-corrected chi connectivity index (χ2v) is 6.25. The van der Waals surface area contributed by atoms with Gasteiger partial charge in [-0.2, -0.15) is 0 Å². The van der Waals surface area contributed by atoms with Crippen LogP contribution in [0.4, 0.5) is 5.69 Å². The molecule has 23 heavy (non-hydrogen) atoms. The van der Waals surface area contributed by atoms with E-state index < -0.39 is 0 Å². The van der Waals surface area contributed by atoms with Crippen LogP contribution in [0.1, 0.15) is 30.9 Å². The standard InChI is InChI=1S/C18H20Cl2N2O/c1-2-3-18(23)22-17-6-4-13(5-7-17)11-21-12-14-8-15(19)10-16(20)9-14/h4-10,21H,2-3,11-12H2,1H3,(H,22,23). The first-order valence-corrected chi connectivity index (χ1v) is 8.37. The average molecular weight is 351 g/mol. The molecule has 0 aliphatic heterocycles. The first kappa shape index (κ1) is 17.8. The van der Waals surface area contributed by atoms with Crippen LogP contribution in [0.2, 0.25) is 10.0 Å². The van der Waals surface area contributed by atoms with Crippen LogP contribution in [0, 0.1) is 0 Å². The predicted octanol–water partition coefficient (Wildman–Crippen LogP) is 5.02. The van der Waals surface area contributed by atoms with Crippen LogP contribution in [-0.2, 0) is 17.9 Å². The third-order valence-electron chi connectivity index (χ3n) is 3.30. The Balaban J connectivity index is 1.83. The van der Waals surface area contributed by atoms with Gasteiger partial charge in [-0.25, -0.2) is 0 Å². The molecule has 122 valence electrons. The SMILES string of the molecule is CCCC(=O)Nc1ccc(CNCc2cc(Cl)cc(Cl)c2)cc1. The third kappa shape index (κ3) is 6.22. The number of rotatable bonds is 7. The van der Waals surface area contributed by atoms with E-state index in [1.165, 1.54) is 0 Å². The fourth-order valence-corrected chi connectivity index (χ4v) is 2.79. The van der Waals surface area contributed by atoms with Crippen molar-refractivity contribution in [3.05, 3.63) is 63.6 Å². The Morgan fingerprint density at radius 2 is 1.57 bits per heavy atom. The number of carbonyl (C=O) groups is 1. The Morgan fingerprint density at radius 3 is 2.17 bits per heavy atom. The molecule has 0 aliphatic carbocycles. The highest BCUT2D eigenvalue weighted by atomic mass is 35.5. The lowest BCUT2D eigenvalue weighted by Gasteiger charge is -2.08. The minimum atomic E-state index is 0.0520. The molecule has 0 fully saturated rings. The topological polar surface area (TPSA) is 41.1 Å². The molecule has 0 atom stereocenters. The lowest BCUT2D eigenvalue weighted by atomic mass is 10.2. The maximum absolute atomic E-state index is 11.5. The van der Waals surface area contributed by atoms with Crippen LogP contribution in [0.5, 0.6) is 0 Å². The molecule has 0 saturated heterocycles. The molecule has 0 unspecified atom stereocenters. The number of hydrogen-bond acceptors (Lipinski definition) is 2. The van der Waals surface area contributed by atoms with Gasteiger partial charge >= 0.3 is 0 Å². The molecular weight excluding hydrogens is 331 g/mol. The van der Waals surface area contributed by atoms with Gasteiger partial charge in [-0.05, 0) is 47.9 Å². The van der Waals surface area contributed by atoms with Gasteiger partial charge < -0.3 is 10.6 Å². The fourth-order valence-electron chi connectivity index (χ4n) is 2.22. The quantitative estimate of drug-likeness (QED) is 0.735. The molecule has 0 aliphatic rings. The van der Waals surface area contributed by atoms with Crippen molar-refractivity contribution in [3.63, 3.8) is 0 Å². The molecule has 2 aromatic rings. The van der Waals surface area contributed by atoms with E-state index >= 15 is 0 Å². The zero-order chi connectivity index (χ0) is 16.7. The van der Waals surface area contributed by atoms with E-state index in [4.69, 9.17) is 23.2 Å². The van der Waals surface area contributed by atoms with Gasteiger partial charge in [0, 0.05) is 35.2 Å². The van der Waals surface area contributed by atoms with Crippen LogP contribution in [-0.4, -0.2) is 5.91 Å². The normalized spacial score (nSPS) is 10.6. The van der Waals surface area contributed by atoms with Crippen molar-refractivity contribution in [2.45, 2.75) is 32.9 Å². The molecule has 0 radical (unpaired) electrons. The first-order chi connectivity index (χ1) is 11.1. The third-order valence-corrected chi connectivity index (χ3v) is 3.73. The van der Waals surface area contributed by atoms with Gasteiger partial charge in [-0.3, -0.25) is 4.79 Å². The molecule has 0 spiro atoms. The van der Waals surface area contributed by atoms with E-state index in [-0.39, 0.29) is 5.91 Å². The van der Waals surface area contributed by atoms with E-state index in [1.54, 1.807) is 6.07 Å². The monoisotopic (exact) mass is 350 g/mol. The summed E-state index contributed by atoms with van der Waals surface area (Å²) in [5.74, 6) is 0.0520. The Kier molecular flexibility index (Phi) is 6.90. The number of nitrogens with one attached hydrogen (secondary N) is 2. The smallest absolute Gasteiger partial charge is 0.224 e.